The van der Waals surface area contributed by atoms with E-state index in [2.05, 4.69) is 29.0 Å². The van der Waals surface area contributed by atoms with Gasteiger partial charge in [0.25, 0.3) is 0 Å². The largest absolute Gasteiger partial charge is 0.464 e. The first-order chi connectivity index (χ1) is 10.1. The van der Waals surface area contributed by atoms with E-state index < -0.39 is 0 Å². The lowest BCUT2D eigenvalue weighted by molar-refractivity contribution is 0.233. The summed E-state index contributed by atoms with van der Waals surface area (Å²) in [5, 5.41) is 4.14. The molecule has 1 fully saturated rings. The second-order valence-corrected chi connectivity index (χ2v) is 5.96. The molecule has 0 spiro atoms. The number of furan rings is 1. The van der Waals surface area contributed by atoms with Crippen LogP contribution in [0.15, 0.2) is 40.9 Å². The molecule has 4 nitrogen and oxygen atoms in total. The number of nitrogens with one attached hydrogen (secondary N) is 1. The Kier molecular flexibility index (Phi) is 3.68. The molecule has 5 heteroatoms. The first kappa shape index (κ1) is 14.1. The molecular formula is C16H19N3OS. The van der Waals surface area contributed by atoms with Crippen LogP contribution in [0.5, 0.6) is 0 Å². The Balaban J connectivity index is 2.05. The maximum atomic E-state index is 5.88. The number of hydrogen-bond donors (Lipinski definition) is 1. The monoisotopic (exact) mass is 301 g/mol. The Bertz CT molecular complexity index is 638. The summed E-state index contributed by atoms with van der Waals surface area (Å²) in [6, 6.07) is 10.3. The van der Waals surface area contributed by atoms with Crippen molar-refractivity contribution in [2.45, 2.75) is 38.9 Å². The number of aromatic nitrogens is 1. The maximum Gasteiger partial charge on any atom is 0.170 e. The van der Waals surface area contributed by atoms with E-state index in [0.717, 1.165) is 22.3 Å². The minimum atomic E-state index is 0.00616. The summed E-state index contributed by atoms with van der Waals surface area (Å²) in [6.07, 6.45) is 1.81. The topological polar surface area (TPSA) is 41.3 Å². The first-order valence-corrected chi connectivity index (χ1v) is 7.55. The Labute approximate surface area is 130 Å². The van der Waals surface area contributed by atoms with Gasteiger partial charge in [0, 0.05) is 12.2 Å². The third kappa shape index (κ3) is 2.53. The molecule has 21 heavy (non-hydrogen) atoms. The summed E-state index contributed by atoms with van der Waals surface area (Å²) in [5.74, 6) is 1.83. The number of rotatable bonds is 3. The highest BCUT2D eigenvalue weighted by Gasteiger charge is 2.42. The average molecular weight is 301 g/mol. The first-order valence-electron chi connectivity index (χ1n) is 7.14. The lowest BCUT2D eigenvalue weighted by atomic mass is 10.0. The second-order valence-electron chi connectivity index (χ2n) is 5.58. The molecule has 1 aliphatic rings. The number of nitrogens with zero attached hydrogens (tertiary/aromatic N) is 2. The fourth-order valence-electron chi connectivity index (χ4n) is 2.84. The van der Waals surface area contributed by atoms with Crippen molar-refractivity contribution in [1.29, 1.82) is 0 Å². The van der Waals surface area contributed by atoms with E-state index in [1.165, 1.54) is 0 Å². The molecule has 1 N–H and O–H groups in total. The maximum absolute atomic E-state index is 5.88. The zero-order valence-electron chi connectivity index (χ0n) is 12.4. The normalized spacial score (nSPS) is 21.9. The van der Waals surface area contributed by atoms with Crippen LogP contribution in [0, 0.1) is 6.92 Å². The number of pyridine rings is 1. The lowest BCUT2D eigenvalue weighted by Gasteiger charge is -2.29. The van der Waals surface area contributed by atoms with Crippen LogP contribution in [0.25, 0.3) is 0 Å². The van der Waals surface area contributed by atoms with Crippen molar-refractivity contribution in [3.63, 3.8) is 0 Å². The van der Waals surface area contributed by atoms with E-state index in [0.29, 0.717) is 0 Å². The average Bonchev–Trinajstić information content (AvgIpc) is 3.03. The number of thiocarbonyl (C=S) groups is 1. The molecule has 1 saturated heterocycles. The molecule has 0 radical (unpaired) electrons. The third-order valence-electron chi connectivity index (χ3n) is 3.74. The molecule has 0 bridgehead atoms. The van der Waals surface area contributed by atoms with Crippen molar-refractivity contribution in [3.8, 4) is 0 Å². The zero-order chi connectivity index (χ0) is 15.0. The molecule has 2 aromatic heterocycles. The quantitative estimate of drug-likeness (QED) is 0.880. The minimum Gasteiger partial charge on any atom is -0.464 e. The standard InChI is InChI=1S/C16H19N3OS/c1-10(2)19-15(13-8-7-11(3)20-13)14(18-16(19)21)12-6-4-5-9-17-12/h4-10,14-15H,1-3H3,(H,18,21)/t14-,15+/m1/s1. The second kappa shape index (κ2) is 5.48. The van der Waals surface area contributed by atoms with Gasteiger partial charge in [0.2, 0.25) is 0 Å². The Morgan fingerprint density at radius 1 is 1.29 bits per heavy atom. The predicted molar refractivity (Wildman–Crippen MR) is 85.9 cm³/mol. The van der Waals surface area contributed by atoms with Gasteiger partial charge in [0.05, 0.1) is 11.7 Å². The molecule has 3 heterocycles. The van der Waals surface area contributed by atoms with Crippen molar-refractivity contribution in [2.75, 3.05) is 0 Å². The molecule has 0 amide bonds. The molecule has 0 aliphatic carbocycles. The summed E-state index contributed by atoms with van der Waals surface area (Å²) in [6.45, 7) is 6.23. The van der Waals surface area contributed by atoms with Gasteiger partial charge in [-0.2, -0.15) is 0 Å². The SMILES string of the molecule is Cc1ccc([C@H]2[C@@H](c3ccccn3)NC(=S)N2C(C)C)o1. The van der Waals surface area contributed by atoms with Gasteiger partial charge in [-0.1, -0.05) is 6.07 Å². The molecular weight excluding hydrogens is 282 g/mol. The van der Waals surface area contributed by atoms with Gasteiger partial charge in [-0.3, -0.25) is 4.98 Å². The summed E-state index contributed by atoms with van der Waals surface area (Å²) >= 11 is 5.52. The van der Waals surface area contributed by atoms with Gasteiger partial charge in [-0.15, -0.1) is 0 Å². The van der Waals surface area contributed by atoms with Crippen molar-refractivity contribution in [3.05, 3.63) is 53.7 Å². The van der Waals surface area contributed by atoms with Gasteiger partial charge in [-0.25, -0.2) is 0 Å². The molecule has 2 atom stereocenters. The highest BCUT2D eigenvalue weighted by molar-refractivity contribution is 7.80. The third-order valence-corrected chi connectivity index (χ3v) is 4.07. The summed E-state index contributed by atoms with van der Waals surface area (Å²) in [4.78, 5) is 6.67. The molecule has 1 aliphatic heterocycles. The van der Waals surface area contributed by atoms with Crippen LogP contribution < -0.4 is 5.32 Å². The van der Waals surface area contributed by atoms with Crippen LogP contribution in [0.4, 0.5) is 0 Å². The van der Waals surface area contributed by atoms with Crippen molar-refractivity contribution < 1.29 is 4.42 Å². The van der Waals surface area contributed by atoms with Crippen LogP contribution in [-0.2, 0) is 0 Å². The van der Waals surface area contributed by atoms with E-state index >= 15 is 0 Å². The lowest BCUT2D eigenvalue weighted by Crippen LogP contribution is -2.35. The summed E-state index contributed by atoms with van der Waals surface area (Å²) in [5.41, 5.74) is 0.974. The van der Waals surface area contributed by atoms with Crippen molar-refractivity contribution in [2.24, 2.45) is 0 Å². The van der Waals surface area contributed by atoms with Crippen molar-refractivity contribution >= 4 is 17.3 Å². The van der Waals surface area contributed by atoms with Gasteiger partial charge in [0.15, 0.2) is 5.11 Å². The van der Waals surface area contributed by atoms with Gasteiger partial charge in [-0.05, 0) is 57.3 Å². The molecule has 3 rings (SSSR count). The molecule has 110 valence electrons. The van der Waals surface area contributed by atoms with Crippen LogP contribution in [0.1, 0.15) is 43.1 Å². The molecule has 0 unspecified atom stereocenters. The Morgan fingerprint density at radius 3 is 2.67 bits per heavy atom. The van der Waals surface area contributed by atoms with Crippen LogP contribution in [-0.4, -0.2) is 21.0 Å². The number of aryl methyl sites for hydroxylation is 1. The summed E-state index contributed by atoms with van der Waals surface area (Å²) < 4.78 is 5.88. The molecule has 0 aromatic carbocycles. The highest BCUT2D eigenvalue weighted by atomic mass is 32.1. The van der Waals surface area contributed by atoms with Crippen LogP contribution in [0.3, 0.4) is 0 Å². The van der Waals surface area contributed by atoms with Gasteiger partial charge in [0.1, 0.15) is 17.6 Å². The van der Waals surface area contributed by atoms with Crippen LogP contribution in [0.2, 0.25) is 0 Å². The zero-order valence-corrected chi connectivity index (χ0v) is 13.2. The molecule has 2 aromatic rings. The van der Waals surface area contributed by atoms with E-state index in [1.54, 1.807) is 0 Å². The smallest absolute Gasteiger partial charge is 0.170 e. The van der Waals surface area contributed by atoms with Crippen LogP contribution >= 0.6 is 12.2 Å². The van der Waals surface area contributed by atoms with E-state index in [1.807, 2.05) is 43.5 Å². The van der Waals surface area contributed by atoms with E-state index in [9.17, 15) is 0 Å². The van der Waals surface area contributed by atoms with E-state index in [4.69, 9.17) is 16.6 Å². The van der Waals surface area contributed by atoms with Crippen molar-refractivity contribution in [1.82, 2.24) is 15.2 Å². The Morgan fingerprint density at radius 2 is 2.10 bits per heavy atom. The fraction of sp³-hybridized carbons (Fsp3) is 0.375. The van der Waals surface area contributed by atoms with E-state index in [-0.39, 0.29) is 18.1 Å². The molecule has 0 saturated carbocycles. The number of hydrogen-bond acceptors (Lipinski definition) is 3. The fourth-order valence-corrected chi connectivity index (χ4v) is 3.29. The Hall–Kier alpha value is -1.88. The highest BCUT2D eigenvalue weighted by Crippen LogP contribution is 2.40. The predicted octanol–water partition coefficient (Wildman–Crippen LogP) is 3.36. The summed E-state index contributed by atoms with van der Waals surface area (Å²) in [7, 11) is 0. The van der Waals surface area contributed by atoms with Gasteiger partial charge >= 0.3 is 0 Å². The van der Waals surface area contributed by atoms with Gasteiger partial charge < -0.3 is 14.6 Å². The minimum absolute atomic E-state index is 0.00616.